The first-order valence-electron chi connectivity index (χ1n) is 6.25. The molecule has 0 aliphatic rings. The van der Waals surface area contributed by atoms with E-state index in [2.05, 4.69) is 4.98 Å². The number of hydrogen-bond donors (Lipinski definition) is 4. The fourth-order valence-electron chi connectivity index (χ4n) is 2.24. The molecule has 6 heteroatoms. The van der Waals surface area contributed by atoms with Crippen molar-refractivity contribution in [3.63, 3.8) is 0 Å². The summed E-state index contributed by atoms with van der Waals surface area (Å²) in [5.41, 5.74) is 7.20. The molecule has 0 amide bonds. The van der Waals surface area contributed by atoms with Crippen molar-refractivity contribution in [3.8, 4) is 0 Å². The van der Waals surface area contributed by atoms with Gasteiger partial charge in [0.2, 0.25) is 0 Å². The Kier molecular flexibility index (Phi) is 4.05. The smallest absolute Gasteiger partial charge is 0.320 e. The van der Waals surface area contributed by atoms with Gasteiger partial charge in [-0.1, -0.05) is 18.2 Å². The van der Waals surface area contributed by atoms with E-state index in [9.17, 15) is 14.7 Å². The minimum Gasteiger partial charge on any atom is -0.481 e. The molecule has 1 aromatic heterocycles. The molecule has 0 unspecified atom stereocenters. The maximum Gasteiger partial charge on any atom is 0.320 e. The Morgan fingerprint density at radius 2 is 1.90 bits per heavy atom. The minimum atomic E-state index is -1.19. The fraction of sp³-hybridized carbons (Fsp3) is 0.286. The number of H-pyrrole nitrogens is 1. The van der Waals surface area contributed by atoms with E-state index in [1.807, 2.05) is 24.3 Å². The van der Waals surface area contributed by atoms with Crippen molar-refractivity contribution in [2.24, 2.45) is 11.7 Å². The maximum atomic E-state index is 11.3. The largest absolute Gasteiger partial charge is 0.481 e. The number of rotatable bonds is 6. The molecule has 6 nitrogen and oxygen atoms in total. The number of hydrogen-bond acceptors (Lipinski definition) is 3. The average Bonchev–Trinajstić information content (AvgIpc) is 2.81. The zero-order valence-corrected chi connectivity index (χ0v) is 10.7. The highest BCUT2D eigenvalue weighted by Gasteiger charge is 2.25. The molecule has 0 fully saturated rings. The van der Waals surface area contributed by atoms with Crippen molar-refractivity contribution < 1.29 is 19.8 Å². The molecule has 106 valence electrons. The van der Waals surface area contributed by atoms with Crippen molar-refractivity contribution in [1.82, 2.24) is 4.98 Å². The molecule has 0 spiro atoms. The number of fused-ring (bicyclic) bond motifs is 1. The number of carboxylic acids is 2. The molecular weight excluding hydrogens is 260 g/mol. The third-order valence-corrected chi connectivity index (χ3v) is 3.35. The van der Waals surface area contributed by atoms with Gasteiger partial charge in [-0.15, -0.1) is 0 Å². The van der Waals surface area contributed by atoms with Gasteiger partial charge in [0.15, 0.2) is 0 Å². The van der Waals surface area contributed by atoms with Gasteiger partial charge in [0.05, 0.1) is 5.92 Å². The van der Waals surface area contributed by atoms with Gasteiger partial charge in [-0.05, 0) is 24.5 Å². The summed E-state index contributed by atoms with van der Waals surface area (Å²) < 4.78 is 0. The Balaban J connectivity index is 2.20. The minimum absolute atomic E-state index is 0.0931. The van der Waals surface area contributed by atoms with Crippen LogP contribution in [0.1, 0.15) is 12.0 Å². The van der Waals surface area contributed by atoms with Gasteiger partial charge in [-0.25, -0.2) is 0 Å². The number of nitrogens with two attached hydrogens (primary N) is 1. The maximum absolute atomic E-state index is 11.3. The first-order chi connectivity index (χ1) is 9.49. The zero-order chi connectivity index (χ0) is 14.7. The Hall–Kier alpha value is -2.34. The monoisotopic (exact) mass is 276 g/mol. The summed E-state index contributed by atoms with van der Waals surface area (Å²) in [6, 6.07) is 6.39. The Labute approximate surface area is 115 Å². The van der Waals surface area contributed by atoms with E-state index in [4.69, 9.17) is 10.8 Å². The molecule has 2 rings (SSSR count). The number of aromatic nitrogens is 1. The van der Waals surface area contributed by atoms with Crippen LogP contribution in [0.4, 0.5) is 0 Å². The lowest BCUT2D eigenvalue weighted by molar-refractivity contribution is -0.143. The number of aliphatic carboxylic acids is 2. The standard InChI is InChI=1S/C14H16N2O4/c15-11(14(19)20)6-8(13(17)18)5-9-7-16-12-4-2-1-3-10(9)12/h1-4,7-8,11,16H,5-6,15H2,(H,17,18)(H,19,20)/t8-,11+/m1/s1. The van der Waals surface area contributed by atoms with E-state index in [-0.39, 0.29) is 12.8 Å². The van der Waals surface area contributed by atoms with E-state index in [0.29, 0.717) is 0 Å². The van der Waals surface area contributed by atoms with Gasteiger partial charge in [0.1, 0.15) is 6.04 Å². The van der Waals surface area contributed by atoms with Crippen LogP contribution in [0.25, 0.3) is 10.9 Å². The topological polar surface area (TPSA) is 116 Å². The Bertz CT molecular complexity index is 635. The summed E-state index contributed by atoms with van der Waals surface area (Å²) >= 11 is 0. The zero-order valence-electron chi connectivity index (χ0n) is 10.7. The summed E-state index contributed by atoms with van der Waals surface area (Å²) in [4.78, 5) is 25.1. The molecule has 0 radical (unpaired) electrons. The van der Waals surface area contributed by atoms with E-state index in [1.54, 1.807) is 6.20 Å². The van der Waals surface area contributed by atoms with E-state index in [1.165, 1.54) is 0 Å². The molecule has 0 bridgehead atoms. The number of aromatic amines is 1. The SMILES string of the molecule is N[C@@H](C[C@@H](Cc1c[nH]c2ccccc12)C(=O)O)C(=O)O. The van der Waals surface area contributed by atoms with Gasteiger partial charge < -0.3 is 20.9 Å². The van der Waals surface area contributed by atoms with Crippen molar-refractivity contribution in [3.05, 3.63) is 36.0 Å². The highest BCUT2D eigenvalue weighted by molar-refractivity contribution is 5.84. The molecular formula is C14H16N2O4. The van der Waals surface area contributed by atoms with Crippen molar-refractivity contribution in [2.45, 2.75) is 18.9 Å². The number of benzene rings is 1. The highest BCUT2D eigenvalue weighted by atomic mass is 16.4. The van der Waals surface area contributed by atoms with Crippen LogP contribution >= 0.6 is 0 Å². The Morgan fingerprint density at radius 3 is 2.55 bits per heavy atom. The van der Waals surface area contributed by atoms with Crippen molar-refractivity contribution >= 4 is 22.8 Å². The molecule has 1 heterocycles. The molecule has 20 heavy (non-hydrogen) atoms. The van der Waals surface area contributed by atoms with Gasteiger partial charge in [0, 0.05) is 17.1 Å². The second-order valence-corrected chi connectivity index (χ2v) is 4.78. The van der Waals surface area contributed by atoms with Gasteiger partial charge in [0.25, 0.3) is 0 Å². The van der Waals surface area contributed by atoms with Gasteiger partial charge >= 0.3 is 11.9 Å². The normalized spacial score (nSPS) is 14.1. The van der Waals surface area contributed by atoms with Crippen LogP contribution in [0.2, 0.25) is 0 Å². The van der Waals surface area contributed by atoms with Crippen LogP contribution in [0.3, 0.4) is 0 Å². The summed E-state index contributed by atoms with van der Waals surface area (Å²) in [5.74, 6) is -3.04. The highest BCUT2D eigenvalue weighted by Crippen LogP contribution is 2.22. The quantitative estimate of drug-likeness (QED) is 0.633. The average molecular weight is 276 g/mol. The van der Waals surface area contributed by atoms with Gasteiger partial charge in [-0.3, -0.25) is 9.59 Å². The first kappa shape index (κ1) is 14.1. The predicted octanol–water partition coefficient (Wildman–Crippen LogP) is 1.21. The van der Waals surface area contributed by atoms with Crippen LogP contribution in [0.15, 0.2) is 30.5 Å². The first-order valence-corrected chi connectivity index (χ1v) is 6.25. The van der Waals surface area contributed by atoms with Crippen LogP contribution in [0, 0.1) is 5.92 Å². The predicted molar refractivity (Wildman–Crippen MR) is 73.4 cm³/mol. The Morgan fingerprint density at radius 1 is 1.20 bits per heavy atom. The number of carboxylic acid groups (broad SMARTS) is 2. The summed E-state index contributed by atoms with van der Waals surface area (Å²) in [7, 11) is 0. The third-order valence-electron chi connectivity index (χ3n) is 3.35. The van der Waals surface area contributed by atoms with E-state index >= 15 is 0 Å². The number of nitrogens with one attached hydrogen (secondary N) is 1. The van der Waals surface area contributed by atoms with Crippen LogP contribution in [-0.4, -0.2) is 33.2 Å². The van der Waals surface area contributed by atoms with E-state index < -0.39 is 23.9 Å². The second kappa shape index (κ2) is 5.75. The summed E-state index contributed by atoms with van der Waals surface area (Å²) in [6.45, 7) is 0. The van der Waals surface area contributed by atoms with Crippen molar-refractivity contribution in [1.29, 1.82) is 0 Å². The summed E-state index contributed by atoms with van der Waals surface area (Å²) in [5, 5.41) is 18.9. The van der Waals surface area contributed by atoms with Crippen LogP contribution in [0.5, 0.6) is 0 Å². The number of para-hydroxylation sites is 1. The van der Waals surface area contributed by atoms with Crippen molar-refractivity contribution in [2.75, 3.05) is 0 Å². The van der Waals surface area contributed by atoms with E-state index in [0.717, 1.165) is 16.5 Å². The molecule has 0 saturated carbocycles. The third kappa shape index (κ3) is 2.97. The van der Waals surface area contributed by atoms with Gasteiger partial charge in [-0.2, -0.15) is 0 Å². The molecule has 0 aliphatic heterocycles. The fourth-order valence-corrected chi connectivity index (χ4v) is 2.24. The lowest BCUT2D eigenvalue weighted by Crippen LogP contribution is -2.35. The molecule has 0 saturated heterocycles. The summed E-state index contributed by atoms with van der Waals surface area (Å²) in [6.07, 6.45) is 1.91. The molecule has 1 aromatic carbocycles. The molecule has 2 aromatic rings. The molecule has 5 N–H and O–H groups in total. The van der Waals surface area contributed by atoms with Crippen LogP contribution < -0.4 is 5.73 Å². The van der Waals surface area contributed by atoms with Crippen LogP contribution in [-0.2, 0) is 16.0 Å². The number of carbonyl (C=O) groups is 2. The second-order valence-electron chi connectivity index (χ2n) is 4.78. The molecule has 2 atom stereocenters. The molecule has 0 aliphatic carbocycles. The lowest BCUT2D eigenvalue weighted by Gasteiger charge is -2.14. The lowest BCUT2D eigenvalue weighted by atomic mass is 9.93.